The first kappa shape index (κ1) is 19.0. The molecule has 1 amide bonds. The number of nitrogens with zero attached hydrogens (tertiary/aromatic N) is 1. The molecule has 0 radical (unpaired) electrons. The molecule has 1 aromatic carbocycles. The molecule has 2 aliphatic heterocycles. The van der Waals surface area contributed by atoms with Crippen molar-refractivity contribution in [1.29, 1.82) is 0 Å². The average molecular weight is 369 g/mol. The fourth-order valence-electron chi connectivity index (χ4n) is 3.82. The smallest absolute Gasteiger partial charge is 0.410 e. The first-order chi connectivity index (χ1) is 12.0. The van der Waals surface area contributed by atoms with Crippen molar-refractivity contribution in [3.05, 3.63) is 34.9 Å². The molecule has 1 N–H and O–H groups in total. The Morgan fingerprint density at radius 2 is 1.81 bits per heavy atom. The second-order valence-corrected chi connectivity index (χ2v) is 8.25. The fraction of sp³-hybridized carbons (Fsp3) is 0.632. The predicted octanol–water partition coefficient (Wildman–Crippen LogP) is 3.26. The van der Waals surface area contributed by atoms with Crippen molar-refractivity contribution < 1.29 is 28.2 Å². The molecule has 3 rings (SSSR count). The Balaban J connectivity index is 1.90. The number of aliphatic hydroxyl groups is 1. The molecule has 2 fully saturated rings. The third kappa shape index (κ3) is 3.55. The van der Waals surface area contributed by atoms with Gasteiger partial charge in [-0.3, -0.25) is 4.90 Å². The van der Waals surface area contributed by atoms with Crippen molar-refractivity contribution in [1.82, 2.24) is 4.90 Å². The van der Waals surface area contributed by atoms with Gasteiger partial charge < -0.3 is 14.6 Å². The molecule has 2 unspecified atom stereocenters. The number of benzene rings is 1. The lowest BCUT2D eigenvalue weighted by Gasteiger charge is -2.51. The van der Waals surface area contributed by atoms with Crippen LogP contribution in [0.2, 0.25) is 0 Å². The number of ether oxygens (including phenoxy) is 2. The van der Waals surface area contributed by atoms with Crippen molar-refractivity contribution in [2.45, 2.75) is 63.8 Å². The summed E-state index contributed by atoms with van der Waals surface area (Å²) in [4.78, 5) is 14.2. The number of fused-ring (bicyclic) bond motifs is 2. The summed E-state index contributed by atoms with van der Waals surface area (Å²) in [5, 5.41) is 11.2. The largest absolute Gasteiger partial charge is 0.444 e. The van der Waals surface area contributed by atoms with Gasteiger partial charge in [0.25, 0.3) is 0 Å². The monoisotopic (exact) mass is 369 g/mol. The average Bonchev–Trinajstić information content (AvgIpc) is 2.48. The lowest BCUT2D eigenvalue weighted by molar-refractivity contribution is -0.142. The van der Waals surface area contributed by atoms with Crippen LogP contribution in [-0.4, -0.2) is 47.0 Å². The maximum Gasteiger partial charge on any atom is 0.410 e. The topological polar surface area (TPSA) is 59.0 Å². The van der Waals surface area contributed by atoms with Gasteiger partial charge in [0.1, 0.15) is 17.2 Å². The van der Waals surface area contributed by atoms with Crippen LogP contribution in [0.3, 0.4) is 0 Å². The molecular weight excluding hydrogens is 344 g/mol. The van der Waals surface area contributed by atoms with Crippen LogP contribution in [-0.2, 0) is 15.1 Å². The van der Waals surface area contributed by atoms with Crippen LogP contribution in [0, 0.1) is 18.6 Å². The van der Waals surface area contributed by atoms with E-state index in [4.69, 9.17) is 9.47 Å². The lowest BCUT2D eigenvalue weighted by atomic mass is 9.76. The number of carbonyl (C=O) groups is 1. The molecule has 0 aliphatic carbocycles. The highest BCUT2D eigenvalue weighted by Crippen LogP contribution is 2.42. The standard InChI is InChI=1S/C19H25F2NO4/c1-11-5-14(16(21)6-15(11)20)19(24)7-12-9-25-10-13(8-19)22(12)17(23)26-18(2,3)4/h5-6,12-13,24H,7-10H2,1-4H3. The molecule has 5 nitrogen and oxygen atoms in total. The first-order valence-electron chi connectivity index (χ1n) is 8.78. The summed E-state index contributed by atoms with van der Waals surface area (Å²) in [6.45, 7) is 7.36. The summed E-state index contributed by atoms with van der Waals surface area (Å²) in [6.07, 6.45) is -0.260. The van der Waals surface area contributed by atoms with E-state index in [1.165, 1.54) is 13.0 Å². The molecular formula is C19H25F2NO4. The van der Waals surface area contributed by atoms with E-state index in [1.54, 1.807) is 25.7 Å². The zero-order chi connectivity index (χ0) is 19.3. The highest BCUT2D eigenvalue weighted by atomic mass is 19.1. The van der Waals surface area contributed by atoms with Crippen LogP contribution in [0.5, 0.6) is 0 Å². The van der Waals surface area contributed by atoms with Crippen molar-refractivity contribution in [3.8, 4) is 0 Å². The van der Waals surface area contributed by atoms with Gasteiger partial charge in [-0.15, -0.1) is 0 Å². The highest BCUT2D eigenvalue weighted by molar-refractivity contribution is 5.69. The second-order valence-electron chi connectivity index (χ2n) is 8.25. The number of hydrogen-bond acceptors (Lipinski definition) is 4. The maximum atomic E-state index is 14.4. The van der Waals surface area contributed by atoms with E-state index in [2.05, 4.69) is 0 Å². The molecule has 2 heterocycles. The van der Waals surface area contributed by atoms with Crippen LogP contribution < -0.4 is 0 Å². The van der Waals surface area contributed by atoms with Gasteiger partial charge in [0, 0.05) is 24.5 Å². The number of carbonyl (C=O) groups excluding carboxylic acids is 1. The second kappa shape index (κ2) is 6.46. The summed E-state index contributed by atoms with van der Waals surface area (Å²) in [5.74, 6) is -1.43. The molecule has 1 aromatic rings. The Morgan fingerprint density at radius 1 is 1.23 bits per heavy atom. The summed E-state index contributed by atoms with van der Waals surface area (Å²) in [6, 6.07) is 1.28. The Hall–Kier alpha value is -1.73. The van der Waals surface area contributed by atoms with Crippen molar-refractivity contribution in [3.63, 3.8) is 0 Å². The van der Waals surface area contributed by atoms with E-state index in [0.717, 1.165) is 6.07 Å². The predicted molar refractivity (Wildman–Crippen MR) is 90.7 cm³/mol. The van der Waals surface area contributed by atoms with E-state index >= 15 is 0 Å². The molecule has 0 spiro atoms. The quantitative estimate of drug-likeness (QED) is 0.826. The molecule has 2 aliphatic rings. The van der Waals surface area contributed by atoms with E-state index in [1.807, 2.05) is 0 Å². The molecule has 2 bridgehead atoms. The summed E-state index contributed by atoms with van der Waals surface area (Å²) >= 11 is 0. The van der Waals surface area contributed by atoms with Crippen molar-refractivity contribution in [2.75, 3.05) is 13.2 Å². The van der Waals surface area contributed by atoms with E-state index in [-0.39, 0.29) is 37.2 Å². The van der Waals surface area contributed by atoms with E-state index in [0.29, 0.717) is 0 Å². The molecule has 26 heavy (non-hydrogen) atoms. The molecule has 2 saturated heterocycles. The zero-order valence-electron chi connectivity index (χ0n) is 15.5. The van der Waals surface area contributed by atoms with Gasteiger partial charge in [-0.2, -0.15) is 0 Å². The maximum absolute atomic E-state index is 14.4. The van der Waals surface area contributed by atoms with Crippen LogP contribution in [0.1, 0.15) is 44.7 Å². The van der Waals surface area contributed by atoms with Gasteiger partial charge >= 0.3 is 6.09 Å². The third-order valence-corrected chi connectivity index (χ3v) is 4.91. The summed E-state index contributed by atoms with van der Waals surface area (Å²) < 4.78 is 39.0. The van der Waals surface area contributed by atoms with Gasteiger partial charge in [-0.25, -0.2) is 13.6 Å². The number of morpholine rings is 1. The normalized spacial score (nSPS) is 28.8. The zero-order valence-corrected chi connectivity index (χ0v) is 15.5. The Kier molecular flexibility index (Phi) is 4.73. The van der Waals surface area contributed by atoms with Crippen LogP contribution in [0.25, 0.3) is 0 Å². The number of hydrogen-bond donors (Lipinski definition) is 1. The lowest BCUT2D eigenvalue weighted by Crippen LogP contribution is -2.63. The minimum Gasteiger partial charge on any atom is -0.444 e. The fourth-order valence-corrected chi connectivity index (χ4v) is 3.82. The van der Waals surface area contributed by atoms with Crippen LogP contribution in [0.15, 0.2) is 12.1 Å². The van der Waals surface area contributed by atoms with E-state index < -0.39 is 41.0 Å². The number of amides is 1. The van der Waals surface area contributed by atoms with Crippen molar-refractivity contribution in [2.24, 2.45) is 0 Å². The number of piperidine rings is 1. The minimum absolute atomic E-state index is 0.0668. The van der Waals surface area contributed by atoms with Crippen molar-refractivity contribution >= 4 is 6.09 Å². The summed E-state index contributed by atoms with van der Waals surface area (Å²) in [7, 11) is 0. The van der Waals surface area contributed by atoms with E-state index in [9.17, 15) is 18.7 Å². The SMILES string of the molecule is Cc1cc(C2(O)CC3COCC(C2)N3C(=O)OC(C)(C)C)c(F)cc1F. The first-order valence-corrected chi connectivity index (χ1v) is 8.78. The van der Waals surface area contributed by atoms with Crippen LogP contribution in [0.4, 0.5) is 13.6 Å². The van der Waals surface area contributed by atoms with Gasteiger partial charge in [0.15, 0.2) is 0 Å². The Morgan fingerprint density at radius 3 is 2.35 bits per heavy atom. The number of halogens is 2. The van der Waals surface area contributed by atoms with Gasteiger partial charge in [-0.05, 0) is 39.3 Å². The third-order valence-electron chi connectivity index (χ3n) is 4.91. The van der Waals surface area contributed by atoms with Gasteiger partial charge in [0.2, 0.25) is 0 Å². The number of aryl methyl sites for hydroxylation is 1. The van der Waals surface area contributed by atoms with Gasteiger partial charge in [0.05, 0.1) is 30.9 Å². The highest BCUT2D eigenvalue weighted by Gasteiger charge is 2.50. The minimum atomic E-state index is -1.49. The van der Waals surface area contributed by atoms with Crippen LogP contribution >= 0.6 is 0 Å². The molecule has 7 heteroatoms. The number of rotatable bonds is 1. The van der Waals surface area contributed by atoms with Gasteiger partial charge in [-0.1, -0.05) is 0 Å². The Labute approximate surface area is 151 Å². The molecule has 0 saturated carbocycles. The Bertz CT molecular complexity index is 702. The molecule has 0 aromatic heterocycles. The summed E-state index contributed by atoms with van der Waals surface area (Å²) in [5.41, 5.74) is -1.79. The molecule has 144 valence electrons. The molecule has 2 atom stereocenters.